The number of nitriles is 1. The Morgan fingerprint density at radius 1 is 1.29 bits per heavy atom. The lowest BCUT2D eigenvalue weighted by molar-refractivity contribution is 0.122. The van der Waals surface area contributed by atoms with E-state index in [1.807, 2.05) is 32.0 Å². The van der Waals surface area contributed by atoms with E-state index >= 15 is 0 Å². The summed E-state index contributed by atoms with van der Waals surface area (Å²) in [5.41, 5.74) is 1.88. The zero-order valence-electron chi connectivity index (χ0n) is 15.9. The highest BCUT2D eigenvalue weighted by Gasteiger charge is 2.19. The number of aromatic nitrogens is 4. The Balaban J connectivity index is 1.94. The van der Waals surface area contributed by atoms with Gasteiger partial charge in [0.15, 0.2) is 0 Å². The van der Waals surface area contributed by atoms with Gasteiger partial charge in [0.1, 0.15) is 23.1 Å². The minimum absolute atomic E-state index is 0.211. The van der Waals surface area contributed by atoms with E-state index < -0.39 is 0 Å². The van der Waals surface area contributed by atoms with Crippen LogP contribution in [0.4, 0.5) is 11.4 Å². The monoisotopic (exact) mass is 385 g/mol. The normalized spacial score (nSPS) is 14.5. The molecule has 2 heterocycles. The summed E-state index contributed by atoms with van der Waals surface area (Å²) in [7, 11) is 0. The summed E-state index contributed by atoms with van der Waals surface area (Å²) in [6.07, 6.45) is 1.52. The average molecular weight is 385 g/mol. The third-order valence-corrected chi connectivity index (χ3v) is 4.09. The van der Waals surface area contributed by atoms with Crippen molar-refractivity contribution >= 4 is 16.9 Å². The largest absolute Gasteiger partial charge is 0.492 e. The molecule has 0 saturated carbocycles. The van der Waals surface area contributed by atoms with Gasteiger partial charge in [0.2, 0.25) is 5.82 Å². The number of anilines is 2. The number of nitrogens with one attached hydrogen (secondary N) is 2. The van der Waals surface area contributed by atoms with Crippen LogP contribution < -0.4 is 19.7 Å². The number of H-pyrrole nitrogens is 1. The van der Waals surface area contributed by atoms with Gasteiger partial charge in [-0.3, -0.25) is 0 Å². The number of nitrogens with zero attached hydrogens (tertiary/aromatic N) is 5. The molecule has 0 radical (unpaired) electrons. The van der Waals surface area contributed by atoms with Gasteiger partial charge in [0.05, 0.1) is 37.8 Å². The second-order valence-electron chi connectivity index (χ2n) is 5.83. The van der Waals surface area contributed by atoms with Crippen LogP contribution in [0.5, 0.6) is 11.5 Å². The Morgan fingerprint density at radius 3 is 2.68 bits per heavy atom. The zero-order chi connectivity index (χ0) is 19.8. The van der Waals surface area contributed by atoms with Gasteiger partial charge < -0.3 is 24.4 Å². The van der Waals surface area contributed by atoms with E-state index in [9.17, 15) is 5.26 Å². The number of aromatic amines is 1. The average Bonchev–Trinajstić information content (AvgIpc) is 3.25. The van der Waals surface area contributed by atoms with Crippen LogP contribution in [-0.4, -0.2) is 60.1 Å². The molecule has 0 bridgehead atoms. The molecule has 1 aromatic carbocycles. The molecule has 0 spiro atoms. The summed E-state index contributed by atoms with van der Waals surface area (Å²) in [6, 6.07) is 5.88. The van der Waals surface area contributed by atoms with Crippen LogP contribution in [0.25, 0.3) is 5.57 Å². The van der Waals surface area contributed by atoms with Crippen LogP contribution >= 0.6 is 0 Å². The smallest absolute Gasteiger partial charge is 0.216 e. The molecular formula is C18H23N7O3. The molecule has 1 fully saturated rings. The van der Waals surface area contributed by atoms with Crippen molar-refractivity contribution in [2.24, 2.45) is 0 Å². The van der Waals surface area contributed by atoms with Crippen molar-refractivity contribution in [2.45, 2.75) is 13.8 Å². The second kappa shape index (κ2) is 9.57. The molecule has 3 rings (SSSR count). The molecule has 0 unspecified atom stereocenters. The maximum absolute atomic E-state index is 9.35. The predicted molar refractivity (Wildman–Crippen MR) is 103 cm³/mol. The Kier molecular flexibility index (Phi) is 6.64. The van der Waals surface area contributed by atoms with Crippen molar-refractivity contribution in [1.82, 2.24) is 20.6 Å². The van der Waals surface area contributed by atoms with Gasteiger partial charge >= 0.3 is 0 Å². The number of hydrogen-bond donors (Lipinski definition) is 2. The van der Waals surface area contributed by atoms with Gasteiger partial charge in [0, 0.05) is 31.4 Å². The first-order valence-electron chi connectivity index (χ1n) is 9.13. The minimum atomic E-state index is 0.211. The number of tetrazole rings is 1. The lowest BCUT2D eigenvalue weighted by atomic mass is 10.2. The third kappa shape index (κ3) is 4.50. The first-order chi connectivity index (χ1) is 13.8. The number of allylic oxidation sites excluding steroid dienone is 1. The number of hydrogen-bond acceptors (Lipinski definition) is 9. The molecule has 0 aliphatic carbocycles. The molecule has 28 heavy (non-hydrogen) atoms. The number of ether oxygens (including phenoxy) is 3. The number of benzene rings is 1. The van der Waals surface area contributed by atoms with Gasteiger partial charge in [-0.2, -0.15) is 10.5 Å². The fourth-order valence-corrected chi connectivity index (χ4v) is 2.83. The van der Waals surface area contributed by atoms with E-state index in [1.165, 1.54) is 6.20 Å². The molecule has 1 aliphatic rings. The van der Waals surface area contributed by atoms with E-state index in [2.05, 4.69) is 30.8 Å². The summed E-state index contributed by atoms with van der Waals surface area (Å²) in [5.74, 6) is 1.61. The summed E-state index contributed by atoms with van der Waals surface area (Å²) in [6.45, 7) is 7.82. The first kappa shape index (κ1) is 19.4. The van der Waals surface area contributed by atoms with Crippen molar-refractivity contribution in [3.63, 3.8) is 0 Å². The highest BCUT2D eigenvalue weighted by atomic mass is 16.5. The molecule has 1 aliphatic heterocycles. The Morgan fingerprint density at radius 2 is 2.04 bits per heavy atom. The molecule has 1 aromatic heterocycles. The molecule has 0 atom stereocenters. The van der Waals surface area contributed by atoms with Crippen molar-refractivity contribution in [3.8, 4) is 17.6 Å². The molecule has 10 nitrogen and oxygen atoms in total. The Bertz CT molecular complexity index is 840. The summed E-state index contributed by atoms with van der Waals surface area (Å²) >= 11 is 0. The lowest BCUT2D eigenvalue weighted by Gasteiger charge is -2.31. The molecule has 10 heteroatoms. The van der Waals surface area contributed by atoms with Crippen LogP contribution in [0.15, 0.2) is 18.3 Å². The van der Waals surface area contributed by atoms with Crippen LogP contribution in [0.1, 0.15) is 19.7 Å². The Labute approximate surface area is 163 Å². The minimum Gasteiger partial charge on any atom is -0.492 e. The van der Waals surface area contributed by atoms with Crippen LogP contribution in [-0.2, 0) is 4.74 Å². The quantitative estimate of drug-likeness (QED) is 0.655. The number of rotatable bonds is 8. The fourth-order valence-electron chi connectivity index (χ4n) is 2.83. The summed E-state index contributed by atoms with van der Waals surface area (Å²) in [4.78, 5) is 2.22. The molecular weight excluding hydrogens is 362 g/mol. The van der Waals surface area contributed by atoms with E-state index in [1.54, 1.807) is 0 Å². The molecule has 1 saturated heterocycles. The third-order valence-electron chi connectivity index (χ3n) is 4.09. The molecule has 2 aromatic rings. The second-order valence-corrected chi connectivity index (χ2v) is 5.83. The van der Waals surface area contributed by atoms with Crippen LogP contribution in [0, 0.1) is 11.3 Å². The summed E-state index contributed by atoms with van der Waals surface area (Å²) < 4.78 is 17.1. The molecule has 148 valence electrons. The van der Waals surface area contributed by atoms with E-state index in [0.717, 1.165) is 24.5 Å². The van der Waals surface area contributed by atoms with Crippen molar-refractivity contribution in [2.75, 3.05) is 49.7 Å². The summed E-state index contributed by atoms with van der Waals surface area (Å²) in [5, 5.41) is 25.9. The SMILES string of the molecule is CCOc1cc(N2CCOCC2)c(OCC)cc1NC=C(C#N)c1nn[nH]n1. The lowest BCUT2D eigenvalue weighted by Crippen LogP contribution is -2.36. The van der Waals surface area contributed by atoms with Gasteiger partial charge in [-0.15, -0.1) is 10.2 Å². The van der Waals surface area contributed by atoms with Gasteiger partial charge in [-0.1, -0.05) is 0 Å². The molecule has 2 N–H and O–H groups in total. The Hall–Kier alpha value is -3.32. The maximum atomic E-state index is 9.35. The van der Waals surface area contributed by atoms with Gasteiger partial charge in [-0.25, -0.2) is 0 Å². The molecule has 0 amide bonds. The maximum Gasteiger partial charge on any atom is 0.216 e. The van der Waals surface area contributed by atoms with Crippen molar-refractivity contribution in [1.29, 1.82) is 5.26 Å². The highest BCUT2D eigenvalue weighted by molar-refractivity contribution is 5.77. The van der Waals surface area contributed by atoms with Gasteiger partial charge in [0.25, 0.3) is 0 Å². The van der Waals surface area contributed by atoms with Crippen molar-refractivity contribution < 1.29 is 14.2 Å². The van der Waals surface area contributed by atoms with Crippen LogP contribution in [0.3, 0.4) is 0 Å². The van der Waals surface area contributed by atoms with Crippen LogP contribution in [0.2, 0.25) is 0 Å². The predicted octanol–water partition coefficient (Wildman–Crippen LogP) is 1.81. The van der Waals surface area contributed by atoms with Gasteiger partial charge in [-0.05, 0) is 19.1 Å². The topological polar surface area (TPSA) is 121 Å². The fraction of sp³-hybridized carbons (Fsp3) is 0.444. The van der Waals surface area contributed by atoms with Crippen molar-refractivity contribution in [3.05, 3.63) is 24.2 Å². The number of morpholine rings is 1. The van der Waals surface area contributed by atoms with E-state index in [-0.39, 0.29) is 11.4 Å². The first-order valence-corrected chi connectivity index (χ1v) is 9.13. The van der Waals surface area contributed by atoms with E-state index in [4.69, 9.17) is 14.2 Å². The highest BCUT2D eigenvalue weighted by Crippen LogP contribution is 2.39. The zero-order valence-corrected chi connectivity index (χ0v) is 15.9. The van der Waals surface area contributed by atoms with E-state index in [0.29, 0.717) is 37.9 Å². The standard InChI is InChI=1S/C18H23N7O3/c1-3-27-16-10-15(25-5-7-26-8-6-25)17(28-4-2)9-14(16)20-12-13(11-19)18-21-23-24-22-18/h9-10,12,20H,3-8H2,1-2H3,(H,21,22,23,24).